The molecule has 1 heterocycles. The molecule has 16 heavy (non-hydrogen) atoms. The minimum Gasteiger partial charge on any atom is -0.421 e. The summed E-state index contributed by atoms with van der Waals surface area (Å²) in [4.78, 5) is 22.3. The maximum absolute atomic E-state index is 11.3. The molecule has 0 atom stereocenters. The molecule has 1 aromatic heterocycles. The number of carbonyl (C=O) groups excluding carboxylic acids is 1. The second-order valence-corrected chi connectivity index (χ2v) is 4.21. The first-order valence-corrected chi connectivity index (χ1v) is 5.25. The molecule has 0 spiro atoms. The highest BCUT2D eigenvalue weighted by Crippen LogP contribution is 2.27. The molecule has 0 aliphatic rings. The summed E-state index contributed by atoms with van der Waals surface area (Å²) in [5.74, 6) is 0. The molecular formula is C10H3Cl3O3. The van der Waals surface area contributed by atoms with Gasteiger partial charge in [0, 0.05) is 10.4 Å². The van der Waals surface area contributed by atoms with Crippen LogP contribution < -0.4 is 5.63 Å². The van der Waals surface area contributed by atoms with Gasteiger partial charge in [-0.05, 0) is 29.8 Å². The number of carbonyl (C=O) groups is 1. The van der Waals surface area contributed by atoms with Crippen molar-refractivity contribution in [3.63, 3.8) is 0 Å². The van der Waals surface area contributed by atoms with Crippen molar-refractivity contribution in [1.82, 2.24) is 0 Å². The molecule has 0 saturated carbocycles. The van der Waals surface area contributed by atoms with E-state index >= 15 is 0 Å². The summed E-state index contributed by atoms with van der Waals surface area (Å²) in [6, 6.07) is 4.26. The second-order valence-electron chi connectivity index (χ2n) is 3.03. The van der Waals surface area contributed by atoms with E-state index in [1.807, 2.05) is 0 Å². The van der Waals surface area contributed by atoms with Crippen LogP contribution in [0, 0.1) is 0 Å². The van der Waals surface area contributed by atoms with Crippen molar-refractivity contribution < 1.29 is 9.21 Å². The number of halogens is 3. The van der Waals surface area contributed by atoms with Gasteiger partial charge in [-0.15, -0.1) is 0 Å². The zero-order chi connectivity index (χ0) is 11.9. The summed E-state index contributed by atoms with van der Waals surface area (Å²) in [6.07, 6.45) is 0. The Hall–Kier alpha value is -1.03. The van der Waals surface area contributed by atoms with Crippen LogP contribution in [0.4, 0.5) is 0 Å². The smallest absolute Gasteiger partial charge is 0.348 e. The third-order valence-electron chi connectivity index (χ3n) is 1.96. The van der Waals surface area contributed by atoms with Gasteiger partial charge in [-0.3, -0.25) is 4.79 Å². The van der Waals surface area contributed by atoms with Gasteiger partial charge in [0.1, 0.15) is 5.56 Å². The molecule has 2 aromatic rings. The summed E-state index contributed by atoms with van der Waals surface area (Å²) >= 11 is 16.8. The minimum atomic E-state index is -0.883. The maximum atomic E-state index is 11.3. The zero-order valence-electron chi connectivity index (χ0n) is 7.59. The first-order chi connectivity index (χ1) is 7.49. The van der Waals surface area contributed by atoms with Crippen LogP contribution in [0.25, 0.3) is 11.0 Å². The highest BCUT2D eigenvalue weighted by atomic mass is 35.5. The molecule has 0 bridgehead atoms. The van der Waals surface area contributed by atoms with E-state index in [0.29, 0.717) is 10.4 Å². The largest absolute Gasteiger partial charge is 0.421 e. The number of benzene rings is 1. The van der Waals surface area contributed by atoms with Gasteiger partial charge >= 0.3 is 5.63 Å². The Bertz CT molecular complexity index is 646. The summed E-state index contributed by atoms with van der Waals surface area (Å²) in [5.41, 5.74) is -0.887. The monoisotopic (exact) mass is 276 g/mol. The molecule has 0 aliphatic heterocycles. The highest BCUT2D eigenvalue weighted by Gasteiger charge is 2.13. The lowest BCUT2D eigenvalue weighted by Gasteiger charge is -2.01. The van der Waals surface area contributed by atoms with Gasteiger partial charge in [0.25, 0.3) is 5.24 Å². The van der Waals surface area contributed by atoms with E-state index in [2.05, 4.69) is 0 Å². The van der Waals surface area contributed by atoms with Gasteiger partial charge in [-0.25, -0.2) is 4.79 Å². The van der Waals surface area contributed by atoms with Crippen LogP contribution in [-0.4, -0.2) is 5.24 Å². The van der Waals surface area contributed by atoms with Crippen molar-refractivity contribution in [2.75, 3.05) is 0 Å². The quantitative estimate of drug-likeness (QED) is 0.592. The van der Waals surface area contributed by atoms with Crippen LogP contribution in [0.15, 0.2) is 27.4 Å². The van der Waals surface area contributed by atoms with Crippen molar-refractivity contribution in [2.24, 2.45) is 0 Å². The lowest BCUT2D eigenvalue weighted by molar-refractivity contribution is 0.107. The topological polar surface area (TPSA) is 47.3 Å². The van der Waals surface area contributed by atoms with Crippen LogP contribution >= 0.6 is 34.8 Å². The molecule has 0 radical (unpaired) electrons. The van der Waals surface area contributed by atoms with Crippen LogP contribution in [0.5, 0.6) is 0 Å². The molecule has 0 unspecified atom stereocenters. The fourth-order valence-electron chi connectivity index (χ4n) is 1.29. The molecule has 0 fully saturated rings. The van der Waals surface area contributed by atoms with Crippen molar-refractivity contribution in [1.29, 1.82) is 0 Å². The summed E-state index contributed by atoms with van der Waals surface area (Å²) in [5, 5.41) is 0.139. The molecule has 1 aromatic carbocycles. The number of fused-ring (bicyclic) bond motifs is 1. The molecule has 3 nitrogen and oxygen atoms in total. The van der Waals surface area contributed by atoms with E-state index in [1.165, 1.54) is 18.2 Å². The summed E-state index contributed by atoms with van der Waals surface area (Å²) < 4.78 is 4.89. The third-order valence-corrected chi connectivity index (χ3v) is 2.67. The van der Waals surface area contributed by atoms with Gasteiger partial charge in [-0.2, -0.15) is 0 Å². The summed E-state index contributed by atoms with van der Waals surface area (Å²) in [6.45, 7) is 0. The van der Waals surface area contributed by atoms with Crippen LogP contribution in [0.3, 0.4) is 0 Å². The van der Waals surface area contributed by atoms with E-state index in [4.69, 9.17) is 39.2 Å². The molecule has 82 valence electrons. The van der Waals surface area contributed by atoms with Crippen LogP contribution in [0.2, 0.25) is 10.0 Å². The Kier molecular flexibility index (Phi) is 2.93. The number of hydrogen-bond acceptors (Lipinski definition) is 3. The zero-order valence-corrected chi connectivity index (χ0v) is 9.86. The highest BCUT2D eigenvalue weighted by molar-refractivity contribution is 6.67. The predicted molar refractivity (Wildman–Crippen MR) is 62.7 cm³/mol. The van der Waals surface area contributed by atoms with E-state index in [1.54, 1.807) is 0 Å². The maximum Gasteiger partial charge on any atom is 0.348 e. The third kappa shape index (κ3) is 1.94. The van der Waals surface area contributed by atoms with Crippen LogP contribution in [0.1, 0.15) is 10.4 Å². The SMILES string of the molecule is O=C(Cl)c1cc2cc(Cl)cc(Cl)c2oc1=O. The average Bonchev–Trinajstić information content (AvgIpc) is 2.18. The molecule has 0 saturated heterocycles. The van der Waals surface area contributed by atoms with Crippen molar-refractivity contribution in [3.05, 3.63) is 44.2 Å². The molecule has 2 rings (SSSR count). The van der Waals surface area contributed by atoms with Gasteiger partial charge in [0.2, 0.25) is 0 Å². The first-order valence-electron chi connectivity index (χ1n) is 4.12. The molecule has 0 N–H and O–H groups in total. The Morgan fingerprint density at radius 1 is 1.19 bits per heavy atom. The Labute approximate surface area is 105 Å². The number of hydrogen-bond donors (Lipinski definition) is 0. The lowest BCUT2D eigenvalue weighted by atomic mass is 10.2. The minimum absolute atomic E-state index is 0.178. The standard InChI is InChI=1S/C10H3Cl3O3/c11-5-1-4-2-6(9(13)14)10(15)16-8(4)7(12)3-5/h1-3H. The fourth-order valence-corrected chi connectivity index (χ4v) is 1.97. The van der Waals surface area contributed by atoms with Crippen molar-refractivity contribution >= 4 is 51.0 Å². The average molecular weight is 277 g/mol. The van der Waals surface area contributed by atoms with Gasteiger partial charge < -0.3 is 4.42 Å². The lowest BCUT2D eigenvalue weighted by Crippen LogP contribution is -2.09. The number of rotatable bonds is 1. The second kappa shape index (κ2) is 4.09. The van der Waals surface area contributed by atoms with E-state index in [0.717, 1.165) is 0 Å². The molecular weight excluding hydrogens is 274 g/mol. The predicted octanol–water partition coefficient (Wildman–Crippen LogP) is 3.48. The Balaban J connectivity index is 2.90. The molecule has 0 aliphatic carbocycles. The molecule has 6 heteroatoms. The molecule has 0 amide bonds. The Morgan fingerprint density at radius 3 is 2.50 bits per heavy atom. The van der Waals surface area contributed by atoms with Crippen LogP contribution in [-0.2, 0) is 0 Å². The van der Waals surface area contributed by atoms with Crippen molar-refractivity contribution in [2.45, 2.75) is 0 Å². The normalized spacial score (nSPS) is 10.7. The first kappa shape index (κ1) is 11.5. The fraction of sp³-hybridized carbons (Fsp3) is 0. The van der Waals surface area contributed by atoms with E-state index < -0.39 is 10.9 Å². The van der Waals surface area contributed by atoms with Gasteiger partial charge in [0.05, 0.1) is 5.02 Å². The summed E-state index contributed by atoms with van der Waals surface area (Å²) in [7, 11) is 0. The van der Waals surface area contributed by atoms with E-state index in [-0.39, 0.29) is 16.2 Å². The van der Waals surface area contributed by atoms with Crippen molar-refractivity contribution in [3.8, 4) is 0 Å². The van der Waals surface area contributed by atoms with E-state index in [9.17, 15) is 9.59 Å². The van der Waals surface area contributed by atoms with Gasteiger partial charge in [0.15, 0.2) is 5.58 Å². The Morgan fingerprint density at radius 2 is 1.88 bits per heavy atom. The van der Waals surface area contributed by atoms with Gasteiger partial charge in [-0.1, -0.05) is 23.2 Å².